The third-order valence-electron chi connectivity index (χ3n) is 1.30. The van der Waals surface area contributed by atoms with Gasteiger partial charge in [-0.2, -0.15) is 0 Å². The fourth-order valence-corrected chi connectivity index (χ4v) is 0.743. The summed E-state index contributed by atoms with van der Waals surface area (Å²) in [5.41, 5.74) is 0. The first-order chi connectivity index (χ1) is 5.16. The average molecular weight is 154 g/mol. The molecule has 0 aliphatic carbocycles. The summed E-state index contributed by atoms with van der Waals surface area (Å²) in [7, 11) is 0. The van der Waals surface area contributed by atoms with Crippen LogP contribution in [0.5, 0.6) is 0 Å². The lowest BCUT2D eigenvalue weighted by molar-refractivity contribution is -0.136. The van der Waals surface area contributed by atoms with Gasteiger partial charge in [-0.25, -0.2) is 0 Å². The van der Waals surface area contributed by atoms with E-state index < -0.39 is 5.97 Å². The Bertz CT molecular complexity index is 159. The summed E-state index contributed by atoms with van der Waals surface area (Å²) in [5.74, 6) is -0.390. The van der Waals surface area contributed by atoms with Crippen molar-refractivity contribution in [3.05, 3.63) is 24.8 Å². The third kappa shape index (κ3) is 6.84. The largest absolute Gasteiger partial charge is 0.481 e. The van der Waals surface area contributed by atoms with Crippen LogP contribution in [0.15, 0.2) is 24.8 Å². The predicted octanol–water partition coefficient (Wildman–Crippen LogP) is 2.23. The van der Waals surface area contributed by atoms with Crippen molar-refractivity contribution in [3.63, 3.8) is 0 Å². The molecule has 11 heavy (non-hydrogen) atoms. The van der Waals surface area contributed by atoms with E-state index in [0.717, 1.165) is 6.42 Å². The predicted molar refractivity (Wildman–Crippen MR) is 45.4 cm³/mol. The maximum absolute atomic E-state index is 10.1. The van der Waals surface area contributed by atoms with Crippen molar-refractivity contribution in [2.75, 3.05) is 0 Å². The third-order valence-corrected chi connectivity index (χ3v) is 1.30. The molecular weight excluding hydrogens is 140 g/mol. The number of allylic oxidation sites excluding steroid dienone is 2. The van der Waals surface area contributed by atoms with Crippen LogP contribution < -0.4 is 0 Å². The Morgan fingerprint density at radius 2 is 2.36 bits per heavy atom. The molecule has 1 N–H and O–H groups in total. The Morgan fingerprint density at radius 3 is 2.82 bits per heavy atom. The van der Waals surface area contributed by atoms with Crippen molar-refractivity contribution < 1.29 is 9.90 Å². The minimum Gasteiger partial charge on any atom is -0.481 e. The monoisotopic (exact) mass is 154 g/mol. The van der Waals surface area contributed by atoms with Gasteiger partial charge in [0.25, 0.3) is 0 Å². The molecular formula is C9H14O2. The summed E-state index contributed by atoms with van der Waals surface area (Å²) < 4.78 is 0. The van der Waals surface area contributed by atoms with E-state index in [1.165, 1.54) is 0 Å². The molecule has 0 aromatic rings. The molecule has 0 rings (SSSR count). The van der Waals surface area contributed by atoms with Crippen molar-refractivity contribution in [3.8, 4) is 0 Å². The molecule has 1 atom stereocenters. The quantitative estimate of drug-likeness (QED) is 0.616. The van der Waals surface area contributed by atoms with Gasteiger partial charge in [0.15, 0.2) is 0 Å². The number of hydrogen-bond donors (Lipinski definition) is 1. The van der Waals surface area contributed by atoms with Crippen molar-refractivity contribution in [2.45, 2.75) is 19.8 Å². The molecule has 0 fully saturated rings. The Hall–Kier alpha value is -1.05. The zero-order valence-corrected chi connectivity index (χ0v) is 6.79. The van der Waals surface area contributed by atoms with E-state index in [1.807, 2.05) is 19.1 Å². The molecule has 0 radical (unpaired) electrons. The van der Waals surface area contributed by atoms with Gasteiger partial charge in [0.2, 0.25) is 0 Å². The number of carbonyl (C=O) groups is 1. The van der Waals surface area contributed by atoms with Crippen LogP contribution in [0, 0.1) is 5.92 Å². The maximum Gasteiger partial charge on any atom is 0.307 e. The molecule has 0 aliphatic heterocycles. The minimum absolute atomic E-state index is 0.113. The summed E-state index contributed by atoms with van der Waals surface area (Å²) in [6.45, 7) is 5.62. The first-order valence-corrected chi connectivity index (χ1v) is 3.66. The van der Waals surface area contributed by atoms with Crippen molar-refractivity contribution >= 4 is 5.97 Å². The van der Waals surface area contributed by atoms with Crippen LogP contribution >= 0.6 is 0 Å². The summed E-state index contributed by atoms with van der Waals surface area (Å²) in [5, 5.41) is 8.28. The van der Waals surface area contributed by atoms with E-state index in [9.17, 15) is 4.79 Å². The second-order valence-electron chi connectivity index (χ2n) is 2.53. The fourth-order valence-electron chi connectivity index (χ4n) is 0.743. The van der Waals surface area contributed by atoms with Crippen LogP contribution in [0.1, 0.15) is 19.8 Å². The van der Waals surface area contributed by atoms with Gasteiger partial charge in [-0.15, -0.1) is 6.58 Å². The number of carboxylic acid groups (broad SMARTS) is 1. The molecule has 0 aromatic heterocycles. The zero-order chi connectivity index (χ0) is 8.69. The maximum atomic E-state index is 10.1. The van der Waals surface area contributed by atoms with Gasteiger partial charge in [0.1, 0.15) is 0 Å². The first kappa shape index (κ1) is 9.95. The van der Waals surface area contributed by atoms with Crippen LogP contribution in [-0.2, 0) is 4.79 Å². The van der Waals surface area contributed by atoms with E-state index in [4.69, 9.17) is 5.11 Å². The highest BCUT2D eigenvalue weighted by Crippen LogP contribution is 2.03. The molecule has 0 saturated heterocycles. The molecule has 62 valence electrons. The summed E-state index contributed by atoms with van der Waals surface area (Å²) in [6.07, 6.45) is 6.42. The molecule has 0 heterocycles. The number of carboxylic acids is 1. The standard InChI is InChI=1S/C9H14O2/c1-3-5-8(2)6-4-7-9(10)11/h3-4,6,8H,1,5,7H2,2H3,(H,10,11)/b6-4+. The molecule has 2 nitrogen and oxygen atoms in total. The lowest BCUT2D eigenvalue weighted by Crippen LogP contribution is -1.91. The summed E-state index contributed by atoms with van der Waals surface area (Å²) >= 11 is 0. The molecule has 0 spiro atoms. The van der Waals surface area contributed by atoms with Crippen LogP contribution in [0.2, 0.25) is 0 Å². The van der Waals surface area contributed by atoms with Crippen molar-refractivity contribution in [2.24, 2.45) is 5.92 Å². The molecule has 0 aromatic carbocycles. The molecule has 1 unspecified atom stereocenters. The van der Waals surface area contributed by atoms with E-state index in [2.05, 4.69) is 6.58 Å². The summed E-state index contributed by atoms with van der Waals surface area (Å²) in [4.78, 5) is 10.1. The van der Waals surface area contributed by atoms with Crippen LogP contribution in [-0.4, -0.2) is 11.1 Å². The van der Waals surface area contributed by atoms with Crippen LogP contribution in [0.4, 0.5) is 0 Å². The van der Waals surface area contributed by atoms with E-state index in [0.29, 0.717) is 5.92 Å². The van der Waals surface area contributed by atoms with Crippen molar-refractivity contribution in [1.29, 1.82) is 0 Å². The van der Waals surface area contributed by atoms with Gasteiger partial charge >= 0.3 is 5.97 Å². The molecule has 0 amide bonds. The Kier molecular flexibility index (Phi) is 5.17. The Labute approximate surface area is 67.2 Å². The number of rotatable bonds is 5. The highest BCUT2D eigenvalue weighted by Gasteiger charge is 1.93. The second-order valence-corrected chi connectivity index (χ2v) is 2.53. The minimum atomic E-state index is -0.785. The summed E-state index contributed by atoms with van der Waals surface area (Å²) in [6, 6.07) is 0. The first-order valence-electron chi connectivity index (χ1n) is 3.66. The van der Waals surface area contributed by atoms with Crippen LogP contribution in [0.25, 0.3) is 0 Å². The van der Waals surface area contributed by atoms with E-state index >= 15 is 0 Å². The van der Waals surface area contributed by atoms with Gasteiger partial charge in [0.05, 0.1) is 6.42 Å². The van der Waals surface area contributed by atoms with E-state index in [-0.39, 0.29) is 6.42 Å². The molecule has 0 saturated carbocycles. The smallest absolute Gasteiger partial charge is 0.307 e. The highest BCUT2D eigenvalue weighted by atomic mass is 16.4. The zero-order valence-electron chi connectivity index (χ0n) is 6.79. The number of aliphatic carboxylic acids is 1. The van der Waals surface area contributed by atoms with Gasteiger partial charge < -0.3 is 5.11 Å². The highest BCUT2D eigenvalue weighted by molar-refractivity contribution is 5.68. The van der Waals surface area contributed by atoms with Crippen molar-refractivity contribution in [1.82, 2.24) is 0 Å². The molecule has 0 bridgehead atoms. The van der Waals surface area contributed by atoms with E-state index in [1.54, 1.807) is 6.08 Å². The Balaban J connectivity index is 3.55. The topological polar surface area (TPSA) is 37.3 Å². The molecule has 2 heteroatoms. The molecule has 0 aliphatic rings. The fraction of sp³-hybridized carbons (Fsp3) is 0.444. The average Bonchev–Trinajstić information content (AvgIpc) is 1.87. The van der Waals surface area contributed by atoms with Gasteiger partial charge in [-0.1, -0.05) is 25.2 Å². The Morgan fingerprint density at radius 1 is 1.73 bits per heavy atom. The SMILES string of the molecule is C=CCC(C)/C=C/CC(=O)O. The van der Waals surface area contributed by atoms with Gasteiger partial charge in [-0.05, 0) is 12.3 Å². The van der Waals surface area contributed by atoms with Gasteiger partial charge in [0, 0.05) is 0 Å². The number of hydrogen-bond acceptors (Lipinski definition) is 1. The van der Waals surface area contributed by atoms with Crippen LogP contribution in [0.3, 0.4) is 0 Å². The van der Waals surface area contributed by atoms with Gasteiger partial charge in [-0.3, -0.25) is 4.79 Å². The normalized spacial score (nSPS) is 13.2. The lowest BCUT2D eigenvalue weighted by Gasteiger charge is -1.98. The lowest BCUT2D eigenvalue weighted by atomic mass is 10.1. The second kappa shape index (κ2) is 5.71.